The van der Waals surface area contributed by atoms with E-state index in [0.717, 1.165) is 12.8 Å². The molecule has 1 saturated carbocycles. The number of rotatable bonds is 6. The van der Waals surface area contributed by atoms with Crippen LogP contribution in [0.3, 0.4) is 0 Å². The van der Waals surface area contributed by atoms with Crippen LogP contribution in [0.15, 0.2) is 0 Å². The summed E-state index contributed by atoms with van der Waals surface area (Å²) in [5, 5.41) is 8.66. The van der Waals surface area contributed by atoms with Crippen LogP contribution < -0.4 is 0 Å². The molecule has 5 heteroatoms. The lowest BCUT2D eigenvalue weighted by atomic mass is 9.75. The molecule has 1 amide bonds. The van der Waals surface area contributed by atoms with Crippen molar-refractivity contribution in [3.63, 3.8) is 0 Å². The monoisotopic (exact) mass is 285 g/mol. The second-order valence-electron chi connectivity index (χ2n) is 6.32. The van der Waals surface area contributed by atoms with Gasteiger partial charge in [-0.3, -0.25) is 9.59 Å². The van der Waals surface area contributed by atoms with E-state index in [9.17, 15) is 9.59 Å². The molecular weight excluding hydrogens is 258 g/mol. The molecule has 1 N–H and O–H groups in total. The van der Waals surface area contributed by atoms with Crippen LogP contribution in [0.25, 0.3) is 0 Å². The highest BCUT2D eigenvalue weighted by atomic mass is 16.5. The number of carbonyl (C=O) groups excluding carboxylic acids is 1. The molecule has 5 nitrogen and oxygen atoms in total. The molecule has 0 spiro atoms. The molecule has 1 aliphatic rings. The van der Waals surface area contributed by atoms with Crippen LogP contribution in [0.2, 0.25) is 0 Å². The van der Waals surface area contributed by atoms with Gasteiger partial charge in [0.15, 0.2) is 0 Å². The van der Waals surface area contributed by atoms with Crippen molar-refractivity contribution in [2.45, 2.75) is 46.1 Å². The Kier molecular flexibility index (Phi) is 6.46. The zero-order valence-electron chi connectivity index (χ0n) is 13.0. The molecule has 0 saturated heterocycles. The summed E-state index contributed by atoms with van der Waals surface area (Å²) in [6.07, 6.45) is 3.46. The molecule has 0 aromatic carbocycles. The highest BCUT2D eigenvalue weighted by Gasteiger charge is 2.32. The number of likely N-dealkylation sites (N-methyl/N-ethyl adjacent to an activating group) is 1. The smallest absolute Gasteiger partial charge is 0.323 e. The van der Waals surface area contributed by atoms with Gasteiger partial charge in [-0.1, -0.05) is 27.2 Å². The molecule has 0 radical (unpaired) electrons. The number of carbonyl (C=O) groups is 2. The van der Waals surface area contributed by atoms with E-state index in [-0.39, 0.29) is 25.2 Å². The van der Waals surface area contributed by atoms with Crippen LogP contribution >= 0.6 is 0 Å². The number of hydrogen-bond donors (Lipinski definition) is 1. The first-order chi connectivity index (χ1) is 9.31. The van der Waals surface area contributed by atoms with Gasteiger partial charge in [0.25, 0.3) is 0 Å². The fourth-order valence-corrected chi connectivity index (χ4v) is 2.89. The minimum absolute atomic E-state index is 0.0234. The largest absolute Gasteiger partial charge is 0.480 e. The lowest BCUT2D eigenvalue weighted by molar-refractivity contribution is -0.148. The van der Waals surface area contributed by atoms with Gasteiger partial charge in [0.05, 0.1) is 6.10 Å². The van der Waals surface area contributed by atoms with Gasteiger partial charge in [-0.15, -0.1) is 0 Å². The van der Waals surface area contributed by atoms with Crippen molar-refractivity contribution in [3.8, 4) is 0 Å². The Bertz CT molecular complexity index is 343. The third-order valence-electron chi connectivity index (χ3n) is 4.18. The van der Waals surface area contributed by atoms with Crippen molar-refractivity contribution < 1.29 is 19.4 Å². The minimum atomic E-state index is -1.01. The fourth-order valence-electron chi connectivity index (χ4n) is 2.89. The summed E-state index contributed by atoms with van der Waals surface area (Å²) in [4.78, 5) is 23.6. The molecule has 3 atom stereocenters. The normalized spacial score (nSPS) is 26.6. The molecular formula is C15H27NO4. The standard InChI is InChI=1S/C15H27NO4/c1-10(2)12-6-5-11(3)7-13(12)20-9-14(17)16(4)8-15(18)19/h10-13H,5-9H2,1-4H3,(H,18,19). The van der Waals surface area contributed by atoms with E-state index < -0.39 is 5.97 Å². The molecule has 0 aliphatic heterocycles. The van der Waals surface area contributed by atoms with Gasteiger partial charge < -0.3 is 14.7 Å². The van der Waals surface area contributed by atoms with E-state index in [1.54, 1.807) is 0 Å². The van der Waals surface area contributed by atoms with E-state index in [1.807, 2.05) is 0 Å². The molecule has 0 heterocycles. The molecule has 20 heavy (non-hydrogen) atoms. The van der Waals surface area contributed by atoms with Gasteiger partial charge in [-0.05, 0) is 30.6 Å². The first kappa shape index (κ1) is 17.0. The van der Waals surface area contributed by atoms with Gasteiger partial charge in [0.2, 0.25) is 5.91 Å². The van der Waals surface area contributed by atoms with Gasteiger partial charge >= 0.3 is 5.97 Å². The Morgan fingerprint density at radius 2 is 2.00 bits per heavy atom. The number of carboxylic acid groups (broad SMARTS) is 1. The number of amides is 1. The second-order valence-corrected chi connectivity index (χ2v) is 6.32. The fraction of sp³-hybridized carbons (Fsp3) is 0.867. The summed E-state index contributed by atoms with van der Waals surface area (Å²) in [6.45, 7) is 6.29. The number of aliphatic carboxylic acids is 1. The molecule has 116 valence electrons. The maximum Gasteiger partial charge on any atom is 0.323 e. The molecule has 1 aliphatic carbocycles. The quantitative estimate of drug-likeness (QED) is 0.810. The van der Waals surface area contributed by atoms with Crippen LogP contribution in [0.4, 0.5) is 0 Å². The van der Waals surface area contributed by atoms with Gasteiger partial charge in [-0.25, -0.2) is 0 Å². The maximum atomic E-state index is 11.8. The first-order valence-electron chi connectivity index (χ1n) is 7.38. The van der Waals surface area contributed by atoms with Gasteiger partial charge in [-0.2, -0.15) is 0 Å². The summed E-state index contributed by atoms with van der Waals surface area (Å²) in [6, 6.07) is 0. The zero-order chi connectivity index (χ0) is 15.3. The predicted molar refractivity (Wildman–Crippen MR) is 76.4 cm³/mol. The van der Waals surface area contributed by atoms with E-state index in [1.165, 1.54) is 18.4 Å². The maximum absolute atomic E-state index is 11.8. The van der Waals surface area contributed by atoms with Crippen LogP contribution in [-0.2, 0) is 14.3 Å². The predicted octanol–water partition coefficient (Wildman–Crippen LogP) is 2.01. The van der Waals surface area contributed by atoms with E-state index in [0.29, 0.717) is 17.8 Å². The average Bonchev–Trinajstić information content (AvgIpc) is 2.34. The summed E-state index contributed by atoms with van der Waals surface area (Å²) in [5.74, 6) is 0.380. The Morgan fingerprint density at radius 3 is 2.55 bits per heavy atom. The highest BCUT2D eigenvalue weighted by molar-refractivity contribution is 5.81. The Morgan fingerprint density at radius 1 is 1.35 bits per heavy atom. The lowest BCUT2D eigenvalue weighted by Crippen LogP contribution is -2.39. The Labute approximate surface area is 121 Å². The topological polar surface area (TPSA) is 66.8 Å². The van der Waals surface area contributed by atoms with Crippen molar-refractivity contribution in [1.82, 2.24) is 4.90 Å². The van der Waals surface area contributed by atoms with Gasteiger partial charge in [0.1, 0.15) is 13.2 Å². The molecule has 1 fully saturated rings. The molecule has 0 bridgehead atoms. The average molecular weight is 285 g/mol. The van der Waals surface area contributed by atoms with Crippen LogP contribution in [0, 0.1) is 17.8 Å². The lowest BCUT2D eigenvalue weighted by Gasteiger charge is -2.37. The molecule has 0 aromatic rings. The van der Waals surface area contributed by atoms with Crippen molar-refractivity contribution in [2.24, 2.45) is 17.8 Å². The number of carboxylic acids is 1. The minimum Gasteiger partial charge on any atom is -0.480 e. The van der Waals surface area contributed by atoms with Crippen LogP contribution in [-0.4, -0.2) is 48.2 Å². The van der Waals surface area contributed by atoms with E-state index >= 15 is 0 Å². The number of nitrogens with zero attached hydrogens (tertiary/aromatic N) is 1. The highest BCUT2D eigenvalue weighted by Crippen LogP contribution is 2.35. The zero-order valence-corrected chi connectivity index (χ0v) is 13.0. The van der Waals surface area contributed by atoms with Gasteiger partial charge in [0, 0.05) is 7.05 Å². The van der Waals surface area contributed by atoms with Crippen molar-refractivity contribution >= 4 is 11.9 Å². The number of ether oxygens (including phenoxy) is 1. The SMILES string of the molecule is CC1CCC(C(C)C)C(OCC(=O)N(C)CC(=O)O)C1. The number of hydrogen-bond acceptors (Lipinski definition) is 3. The molecule has 1 rings (SSSR count). The summed E-state index contributed by atoms with van der Waals surface area (Å²) in [7, 11) is 1.49. The second kappa shape index (κ2) is 7.62. The third kappa shape index (κ3) is 5.12. The van der Waals surface area contributed by atoms with Crippen molar-refractivity contribution in [2.75, 3.05) is 20.2 Å². The van der Waals surface area contributed by atoms with E-state index in [4.69, 9.17) is 9.84 Å². The summed E-state index contributed by atoms with van der Waals surface area (Å²) >= 11 is 0. The Hall–Kier alpha value is -1.10. The molecule has 3 unspecified atom stereocenters. The molecule has 0 aromatic heterocycles. The van der Waals surface area contributed by atoms with Crippen LogP contribution in [0.5, 0.6) is 0 Å². The first-order valence-corrected chi connectivity index (χ1v) is 7.38. The van der Waals surface area contributed by atoms with Crippen molar-refractivity contribution in [3.05, 3.63) is 0 Å². The van der Waals surface area contributed by atoms with E-state index in [2.05, 4.69) is 20.8 Å². The van der Waals surface area contributed by atoms with Crippen LogP contribution in [0.1, 0.15) is 40.0 Å². The summed E-state index contributed by atoms with van der Waals surface area (Å²) < 4.78 is 5.81. The van der Waals surface area contributed by atoms with Crippen molar-refractivity contribution in [1.29, 1.82) is 0 Å². The Balaban J connectivity index is 2.48. The third-order valence-corrected chi connectivity index (χ3v) is 4.18. The summed E-state index contributed by atoms with van der Waals surface area (Å²) in [5.41, 5.74) is 0.